The molecule has 5 nitrogen and oxygen atoms in total. The molecule has 2 N–H and O–H groups in total. The van der Waals surface area contributed by atoms with E-state index >= 15 is 0 Å². The Labute approximate surface area is 200 Å². The van der Waals surface area contributed by atoms with Gasteiger partial charge in [0.1, 0.15) is 6.10 Å². The smallest absolute Gasteiger partial charge is 0.306 e. The van der Waals surface area contributed by atoms with Gasteiger partial charge in [0, 0.05) is 18.5 Å². The highest BCUT2D eigenvalue weighted by Crippen LogP contribution is 2.34. The molecule has 1 aromatic carbocycles. The van der Waals surface area contributed by atoms with Crippen LogP contribution in [0.25, 0.3) is 0 Å². The first-order valence-electron chi connectivity index (χ1n) is 12.6. The summed E-state index contributed by atoms with van der Waals surface area (Å²) in [5.74, 6) is -4.12. The van der Waals surface area contributed by atoms with Crippen molar-refractivity contribution in [2.75, 3.05) is 6.54 Å². The van der Waals surface area contributed by atoms with Crippen LogP contribution in [0.3, 0.4) is 0 Å². The lowest BCUT2D eigenvalue weighted by molar-refractivity contribution is -0.144. The summed E-state index contributed by atoms with van der Waals surface area (Å²) in [6.45, 7) is 0.514. The monoisotopic (exact) mass is 477 g/mol. The molecule has 3 atom stereocenters. The number of aliphatic carboxylic acids is 1. The predicted octanol–water partition coefficient (Wildman–Crippen LogP) is 5.53. The molecule has 0 bridgehead atoms. The molecule has 0 spiro atoms. The molecule has 2 aliphatic rings. The van der Waals surface area contributed by atoms with Crippen LogP contribution in [0.4, 0.5) is 8.78 Å². The van der Waals surface area contributed by atoms with Gasteiger partial charge in [0.25, 0.3) is 0 Å². The summed E-state index contributed by atoms with van der Waals surface area (Å²) in [6.07, 6.45) is 10.0. The molecule has 1 amide bonds. The number of alkyl halides is 2. The van der Waals surface area contributed by atoms with E-state index in [0.29, 0.717) is 25.8 Å². The molecule has 1 aliphatic carbocycles. The summed E-state index contributed by atoms with van der Waals surface area (Å²) >= 11 is 0. The molecule has 188 valence electrons. The van der Waals surface area contributed by atoms with Gasteiger partial charge in [0.05, 0.1) is 12.0 Å². The van der Waals surface area contributed by atoms with Gasteiger partial charge in [-0.2, -0.15) is 8.78 Å². The third-order valence-electron chi connectivity index (χ3n) is 7.37. The lowest BCUT2D eigenvalue weighted by atomic mass is 9.78. The number of unbranched alkanes of at least 4 members (excludes halogenated alkanes) is 2. The number of halogens is 2. The van der Waals surface area contributed by atoms with Crippen LogP contribution < -0.4 is 0 Å². The number of amides is 1. The molecule has 1 heterocycles. The van der Waals surface area contributed by atoms with Gasteiger partial charge in [0.2, 0.25) is 5.91 Å². The average molecular weight is 478 g/mol. The number of aliphatic hydroxyl groups is 1. The molecule has 1 unspecified atom stereocenters. The Morgan fingerprint density at radius 2 is 1.79 bits per heavy atom. The van der Waals surface area contributed by atoms with Crippen LogP contribution >= 0.6 is 0 Å². The number of aliphatic hydroxyl groups excluding tert-OH is 1. The molecule has 1 aromatic rings. The van der Waals surface area contributed by atoms with Crippen LogP contribution in [-0.4, -0.2) is 45.7 Å². The number of rotatable bonds is 12. The Morgan fingerprint density at radius 1 is 1.09 bits per heavy atom. The fourth-order valence-corrected chi connectivity index (χ4v) is 5.35. The minimum Gasteiger partial charge on any atom is -0.481 e. The van der Waals surface area contributed by atoms with Crippen molar-refractivity contribution < 1.29 is 28.6 Å². The van der Waals surface area contributed by atoms with Crippen molar-refractivity contribution in [1.82, 2.24) is 4.90 Å². The quantitative estimate of drug-likeness (QED) is 0.307. The molecule has 2 fully saturated rings. The molecular weight excluding hydrogens is 440 g/mol. The van der Waals surface area contributed by atoms with E-state index in [2.05, 4.69) is 0 Å². The molecular formula is C27H37F2NO4. The van der Waals surface area contributed by atoms with E-state index in [-0.39, 0.29) is 29.3 Å². The number of nitrogens with zero attached hydrogens (tertiary/aromatic N) is 1. The van der Waals surface area contributed by atoms with E-state index in [0.717, 1.165) is 51.0 Å². The highest BCUT2D eigenvalue weighted by atomic mass is 19.3. The van der Waals surface area contributed by atoms with Gasteiger partial charge in [0.15, 0.2) is 0 Å². The summed E-state index contributed by atoms with van der Waals surface area (Å²) < 4.78 is 29.0. The minimum absolute atomic E-state index is 0.00965. The number of likely N-dealkylation sites (tertiary alicyclic amines) is 1. The number of carboxylic acids is 1. The van der Waals surface area contributed by atoms with Crippen molar-refractivity contribution in [3.05, 3.63) is 48.0 Å². The van der Waals surface area contributed by atoms with E-state index in [4.69, 9.17) is 0 Å². The minimum atomic E-state index is -3.41. The summed E-state index contributed by atoms with van der Waals surface area (Å²) in [5, 5.41) is 19.7. The highest BCUT2D eigenvalue weighted by Gasteiger charge is 2.39. The summed E-state index contributed by atoms with van der Waals surface area (Å²) in [7, 11) is 0. The maximum absolute atomic E-state index is 14.5. The number of hydrogen-bond acceptors (Lipinski definition) is 3. The molecule has 3 rings (SSSR count). The predicted molar refractivity (Wildman–Crippen MR) is 126 cm³/mol. The van der Waals surface area contributed by atoms with Crippen LogP contribution in [0, 0.1) is 11.8 Å². The molecule has 1 saturated heterocycles. The van der Waals surface area contributed by atoms with E-state index in [1.807, 2.05) is 0 Å². The van der Waals surface area contributed by atoms with Crippen molar-refractivity contribution in [3.63, 3.8) is 0 Å². The van der Waals surface area contributed by atoms with E-state index in [9.17, 15) is 28.6 Å². The zero-order valence-corrected chi connectivity index (χ0v) is 19.8. The van der Waals surface area contributed by atoms with Gasteiger partial charge in [-0.15, -0.1) is 0 Å². The Kier molecular flexibility index (Phi) is 9.63. The first-order chi connectivity index (χ1) is 16.3. The summed E-state index contributed by atoms with van der Waals surface area (Å²) in [6, 6.07) is 6.91. The third-order valence-corrected chi connectivity index (χ3v) is 7.37. The van der Waals surface area contributed by atoms with Gasteiger partial charge in [-0.1, -0.05) is 74.6 Å². The number of hydrogen-bond donors (Lipinski definition) is 2. The average Bonchev–Trinajstić information content (AvgIpc) is 3.19. The second kappa shape index (κ2) is 12.4. The van der Waals surface area contributed by atoms with E-state index < -0.39 is 18.0 Å². The van der Waals surface area contributed by atoms with Gasteiger partial charge in [-0.25, -0.2) is 0 Å². The second-order valence-electron chi connectivity index (χ2n) is 9.70. The lowest BCUT2D eigenvalue weighted by Gasteiger charge is -2.27. The van der Waals surface area contributed by atoms with Gasteiger partial charge in [-0.05, 0) is 38.0 Å². The van der Waals surface area contributed by atoms with Crippen LogP contribution in [-0.2, 0) is 15.5 Å². The molecule has 34 heavy (non-hydrogen) atoms. The Morgan fingerprint density at radius 3 is 2.47 bits per heavy atom. The van der Waals surface area contributed by atoms with Crippen molar-refractivity contribution in [1.29, 1.82) is 0 Å². The lowest BCUT2D eigenvalue weighted by Crippen LogP contribution is -2.34. The van der Waals surface area contributed by atoms with Crippen molar-refractivity contribution >= 4 is 11.9 Å². The Hall–Kier alpha value is -2.28. The zero-order chi connectivity index (χ0) is 24.6. The maximum atomic E-state index is 14.5. The third kappa shape index (κ3) is 6.87. The Bertz CT molecular complexity index is 823. The number of carbonyl (C=O) groups excluding carboxylic acids is 1. The standard InChI is InChI=1S/C27H37F2NO4/c28-27(29,21-12-6-2-7-13-21)24(31)17-15-22-16-18-25(32)30(22)19-9-3-8-14-23(26(33)34)20-10-4-1-5-11-20/h2,6-7,12-13,15,17,20,22-24,31H,1,3-5,8-11,14,16,18-19H2,(H,33,34)/b17-15+/t22-,23?,24+/m0/s1. The van der Waals surface area contributed by atoms with Crippen LogP contribution in [0.2, 0.25) is 0 Å². The largest absolute Gasteiger partial charge is 0.481 e. The maximum Gasteiger partial charge on any atom is 0.306 e. The highest BCUT2D eigenvalue weighted by molar-refractivity contribution is 5.79. The van der Waals surface area contributed by atoms with Crippen molar-refractivity contribution in [3.8, 4) is 0 Å². The van der Waals surface area contributed by atoms with Gasteiger partial charge < -0.3 is 15.1 Å². The van der Waals surface area contributed by atoms with Gasteiger partial charge >= 0.3 is 11.9 Å². The van der Waals surface area contributed by atoms with Crippen molar-refractivity contribution in [2.45, 2.75) is 88.7 Å². The molecule has 7 heteroatoms. The normalized spacial score (nSPS) is 21.8. The van der Waals surface area contributed by atoms with Crippen LogP contribution in [0.15, 0.2) is 42.5 Å². The van der Waals surface area contributed by atoms with E-state index in [1.54, 1.807) is 11.0 Å². The SMILES string of the molecule is O=C(O)C(CCCCCN1C(=O)CC[C@@H]1/C=C/[C@@H](O)C(F)(F)c1ccccc1)C1CCCCC1. The number of benzene rings is 1. The summed E-state index contributed by atoms with van der Waals surface area (Å²) in [5.41, 5.74) is -0.251. The zero-order valence-electron chi connectivity index (χ0n) is 19.8. The van der Waals surface area contributed by atoms with Gasteiger partial charge in [-0.3, -0.25) is 9.59 Å². The molecule has 1 aliphatic heterocycles. The topological polar surface area (TPSA) is 77.8 Å². The first kappa shape index (κ1) is 26.3. The Balaban J connectivity index is 1.46. The molecule has 0 aromatic heterocycles. The first-order valence-corrected chi connectivity index (χ1v) is 12.6. The van der Waals surface area contributed by atoms with Crippen molar-refractivity contribution in [2.24, 2.45) is 11.8 Å². The summed E-state index contributed by atoms with van der Waals surface area (Å²) in [4.78, 5) is 25.7. The van der Waals surface area contributed by atoms with E-state index in [1.165, 1.54) is 36.8 Å². The van der Waals surface area contributed by atoms with Crippen LogP contribution in [0.1, 0.15) is 76.2 Å². The fraction of sp³-hybridized carbons (Fsp3) is 0.630. The van der Waals surface area contributed by atoms with Crippen LogP contribution in [0.5, 0.6) is 0 Å². The second-order valence-corrected chi connectivity index (χ2v) is 9.70. The molecule has 0 radical (unpaired) electrons. The fourth-order valence-electron chi connectivity index (χ4n) is 5.35. The molecule has 1 saturated carbocycles. The number of carboxylic acid groups (broad SMARTS) is 1. The number of carbonyl (C=O) groups is 2.